The van der Waals surface area contributed by atoms with Gasteiger partial charge in [-0.25, -0.2) is 9.50 Å². The van der Waals surface area contributed by atoms with Gasteiger partial charge in [0.1, 0.15) is 5.56 Å². The van der Waals surface area contributed by atoms with Crippen LogP contribution in [0.4, 0.5) is 0 Å². The van der Waals surface area contributed by atoms with Gasteiger partial charge in [-0.3, -0.25) is 14.7 Å². The fraction of sp³-hybridized carbons (Fsp3) is 0.471. The normalized spacial score (nSPS) is 23.9. The minimum absolute atomic E-state index is 0.146. The molecule has 1 aliphatic carbocycles. The Bertz CT molecular complexity index is 876. The van der Waals surface area contributed by atoms with Crippen LogP contribution in [0.1, 0.15) is 35.8 Å². The average Bonchev–Trinajstić information content (AvgIpc) is 3.09. The third kappa shape index (κ3) is 2.29. The molecule has 0 radical (unpaired) electrons. The van der Waals surface area contributed by atoms with E-state index in [-0.39, 0.29) is 17.0 Å². The Morgan fingerprint density at radius 1 is 1.30 bits per heavy atom. The van der Waals surface area contributed by atoms with E-state index in [0.717, 1.165) is 31.6 Å². The molecule has 2 aromatic heterocycles. The zero-order chi connectivity index (χ0) is 16.1. The Kier molecular flexibility index (Phi) is 3.14. The van der Waals surface area contributed by atoms with Crippen LogP contribution >= 0.6 is 0 Å². The van der Waals surface area contributed by atoms with Gasteiger partial charge in [-0.05, 0) is 38.5 Å². The van der Waals surface area contributed by atoms with Gasteiger partial charge in [-0.2, -0.15) is 0 Å². The van der Waals surface area contributed by atoms with E-state index >= 15 is 0 Å². The van der Waals surface area contributed by atoms with Crippen LogP contribution in [0.5, 0.6) is 0 Å². The number of rotatable bonds is 1. The number of likely N-dealkylation sites (tertiary alicyclic amines) is 1. The van der Waals surface area contributed by atoms with E-state index in [9.17, 15) is 9.59 Å². The molecule has 120 valence electrons. The monoisotopic (exact) mass is 312 g/mol. The van der Waals surface area contributed by atoms with Crippen molar-refractivity contribution in [3.63, 3.8) is 0 Å². The number of fused-ring (bicyclic) bond motifs is 2. The number of nitrogens with zero attached hydrogens (tertiary/aromatic N) is 3. The van der Waals surface area contributed by atoms with Crippen LogP contribution in [0.15, 0.2) is 28.7 Å². The summed E-state index contributed by atoms with van der Waals surface area (Å²) in [6.07, 6.45) is 5.78. The Hall–Kier alpha value is -2.37. The summed E-state index contributed by atoms with van der Waals surface area (Å²) in [5, 5.41) is 2.93. The van der Waals surface area contributed by atoms with Gasteiger partial charge in [-0.15, -0.1) is 0 Å². The molecule has 4 rings (SSSR count). The lowest BCUT2D eigenvalue weighted by atomic mass is 9.83. The zero-order valence-electron chi connectivity index (χ0n) is 13.4. The Morgan fingerprint density at radius 2 is 2.09 bits per heavy atom. The fourth-order valence-corrected chi connectivity index (χ4v) is 3.85. The van der Waals surface area contributed by atoms with Crippen molar-refractivity contribution >= 4 is 11.6 Å². The Morgan fingerprint density at radius 3 is 2.91 bits per heavy atom. The molecule has 2 aromatic rings. The van der Waals surface area contributed by atoms with Gasteiger partial charge in [0.15, 0.2) is 5.65 Å². The molecule has 0 saturated carbocycles. The van der Waals surface area contributed by atoms with Crippen LogP contribution in [0.3, 0.4) is 0 Å². The lowest BCUT2D eigenvalue weighted by molar-refractivity contribution is 0.0781. The summed E-state index contributed by atoms with van der Waals surface area (Å²) in [7, 11) is 0. The number of hydrogen-bond donors (Lipinski definition) is 1. The smallest absolute Gasteiger partial charge is 0.285 e. The topological polar surface area (TPSA) is 70.5 Å². The number of amides is 1. The van der Waals surface area contributed by atoms with E-state index in [1.165, 1.54) is 16.3 Å². The predicted octanol–water partition coefficient (Wildman–Crippen LogP) is 1.76. The number of nitrogens with one attached hydrogen (secondary N) is 1. The Labute approximate surface area is 133 Å². The minimum atomic E-state index is -0.322. The molecule has 0 spiro atoms. The van der Waals surface area contributed by atoms with Gasteiger partial charge in [-0.1, -0.05) is 11.6 Å². The zero-order valence-corrected chi connectivity index (χ0v) is 13.4. The molecular formula is C17H20N4O2. The van der Waals surface area contributed by atoms with Crippen LogP contribution < -0.4 is 5.56 Å². The van der Waals surface area contributed by atoms with Gasteiger partial charge in [0, 0.05) is 31.0 Å². The van der Waals surface area contributed by atoms with Crippen molar-refractivity contribution in [3.8, 4) is 0 Å². The maximum atomic E-state index is 12.8. The second-order valence-corrected chi connectivity index (χ2v) is 6.83. The quantitative estimate of drug-likeness (QED) is 0.816. The molecule has 0 aromatic carbocycles. The molecule has 2 aliphatic rings. The van der Waals surface area contributed by atoms with Crippen molar-refractivity contribution in [2.45, 2.75) is 26.7 Å². The molecule has 6 nitrogen and oxygen atoms in total. The second kappa shape index (κ2) is 5.08. The highest BCUT2D eigenvalue weighted by Crippen LogP contribution is 2.35. The first-order valence-corrected chi connectivity index (χ1v) is 8.05. The summed E-state index contributed by atoms with van der Waals surface area (Å²) in [6.45, 7) is 5.48. The van der Waals surface area contributed by atoms with E-state index in [1.54, 1.807) is 6.07 Å². The molecule has 1 saturated heterocycles. The number of H-pyrrole nitrogens is 1. The highest BCUT2D eigenvalue weighted by Gasteiger charge is 2.37. The van der Waals surface area contributed by atoms with Crippen LogP contribution in [0.25, 0.3) is 5.65 Å². The van der Waals surface area contributed by atoms with E-state index < -0.39 is 0 Å². The summed E-state index contributed by atoms with van der Waals surface area (Å²) >= 11 is 0. The SMILES string of the molecule is CC1=CC[C@@H]2CN(C(=O)c3cnc4cc(C)[nH]n4c3=O)C[C@@H]2C1. The third-order valence-electron chi connectivity index (χ3n) is 5.07. The maximum Gasteiger partial charge on any atom is 0.285 e. The van der Waals surface area contributed by atoms with E-state index in [0.29, 0.717) is 17.5 Å². The summed E-state index contributed by atoms with van der Waals surface area (Å²) < 4.78 is 1.34. The van der Waals surface area contributed by atoms with Crippen LogP contribution in [-0.4, -0.2) is 38.5 Å². The average molecular weight is 312 g/mol. The summed E-state index contributed by atoms with van der Waals surface area (Å²) in [6, 6.07) is 1.79. The molecule has 1 fully saturated rings. The highest BCUT2D eigenvalue weighted by atomic mass is 16.2. The molecule has 6 heteroatoms. The fourth-order valence-electron chi connectivity index (χ4n) is 3.85. The van der Waals surface area contributed by atoms with Crippen LogP contribution in [0.2, 0.25) is 0 Å². The molecule has 1 N–H and O–H groups in total. The maximum absolute atomic E-state index is 12.8. The lowest BCUT2D eigenvalue weighted by Gasteiger charge is -2.21. The van der Waals surface area contributed by atoms with Gasteiger partial charge in [0.05, 0.1) is 0 Å². The third-order valence-corrected chi connectivity index (χ3v) is 5.07. The molecule has 0 bridgehead atoms. The second-order valence-electron chi connectivity index (χ2n) is 6.83. The molecule has 2 atom stereocenters. The molecular weight excluding hydrogens is 292 g/mol. The van der Waals surface area contributed by atoms with Gasteiger partial charge in [0.25, 0.3) is 11.5 Å². The highest BCUT2D eigenvalue weighted by molar-refractivity contribution is 5.94. The standard InChI is InChI=1S/C17H20N4O2/c1-10-3-4-12-8-20(9-13(12)5-10)16(22)14-7-18-15-6-11(2)19-21(15)17(14)23/h3,6-7,12-13,19H,4-5,8-9H2,1-2H3/t12-,13+/m1/s1. The van der Waals surface area contributed by atoms with Gasteiger partial charge < -0.3 is 4.90 Å². The predicted molar refractivity (Wildman–Crippen MR) is 86.4 cm³/mol. The number of carbonyl (C=O) groups excluding carboxylic acids is 1. The van der Waals surface area contributed by atoms with Crippen molar-refractivity contribution in [3.05, 3.63) is 45.5 Å². The van der Waals surface area contributed by atoms with Crippen molar-refractivity contribution in [2.24, 2.45) is 11.8 Å². The van der Waals surface area contributed by atoms with E-state index in [1.807, 2.05) is 11.8 Å². The largest absolute Gasteiger partial charge is 0.338 e. The molecule has 1 aliphatic heterocycles. The number of carbonyl (C=O) groups is 1. The first-order chi connectivity index (χ1) is 11.0. The van der Waals surface area contributed by atoms with E-state index in [2.05, 4.69) is 23.1 Å². The summed E-state index contributed by atoms with van der Waals surface area (Å²) in [5.74, 6) is 0.849. The van der Waals surface area contributed by atoms with Gasteiger partial charge in [0.2, 0.25) is 0 Å². The Balaban J connectivity index is 1.63. The van der Waals surface area contributed by atoms with Crippen molar-refractivity contribution < 1.29 is 4.79 Å². The van der Waals surface area contributed by atoms with Crippen LogP contribution in [-0.2, 0) is 0 Å². The molecule has 23 heavy (non-hydrogen) atoms. The van der Waals surface area contributed by atoms with Crippen molar-refractivity contribution in [1.82, 2.24) is 19.5 Å². The summed E-state index contributed by atoms with van der Waals surface area (Å²) in [4.78, 5) is 31.4. The number of aryl methyl sites for hydroxylation is 1. The molecule has 3 heterocycles. The number of allylic oxidation sites excluding steroid dienone is 2. The van der Waals surface area contributed by atoms with E-state index in [4.69, 9.17) is 0 Å². The lowest BCUT2D eigenvalue weighted by Crippen LogP contribution is -2.34. The first kappa shape index (κ1) is 14.2. The van der Waals surface area contributed by atoms with Crippen molar-refractivity contribution in [1.29, 1.82) is 0 Å². The number of aromatic nitrogens is 3. The van der Waals surface area contributed by atoms with Crippen molar-refractivity contribution in [2.75, 3.05) is 13.1 Å². The molecule has 1 amide bonds. The molecule has 0 unspecified atom stereocenters. The summed E-state index contributed by atoms with van der Waals surface area (Å²) in [5.41, 5.74) is 2.61. The number of aromatic amines is 1. The number of hydrogen-bond acceptors (Lipinski definition) is 3. The minimum Gasteiger partial charge on any atom is -0.338 e. The van der Waals surface area contributed by atoms with Crippen LogP contribution in [0, 0.1) is 18.8 Å². The van der Waals surface area contributed by atoms with Gasteiger partial charge >= 0.3 is 0 Å². The first-order valence-electron chi connectivity index (χ1n) is 8.05.